The Hall–Kier alpha value is -5.71. The van der Waals surface area contributed by atoms with Crippen molar-refractivity contribution in [2.75, 3.05) is 24.5 Å². The Kier molecular flexibility index (Phi) is 10.8. The normalized spacial score (nSPS) is 22.8. The minimum Gasteiger partial charge on any atom is -0.507 e. The summed E-state index contributed by atoms with van der Waals surface area (Å²) in [5.74, 6) is -0.227. The van der Waals surface area contributed by atoms with Gasteiger partial charge in [-0.15, -0.1) is 32.9 Å². The van der Waals surface area contributed by atoms with Gasteiger partial charge in [-0.1, -0.05) is 55.4 Å². The number of thiophene rings is 1. The highest BCUT2D eigenvalue weighted by Crippen LogP contribution is 2.42. The van der Waals surface area contributed by atoms with Crippen molar-refractivity contribution < 1.29 is 29.1 Å². The molecule has 1 aliphatic carbocycles. The molecule has 3 amide bonds. The van der Waals surface area contributed by atoms with E-state index in [1.165, 1.54) is 9.78 Å². The van der Waals surface area contributed by atoms with Gasteiger partial charge in [-0.25, -0.2) is 4.98 Å². The molecule has 10 rings (SSSR count). The minimum atomic E-state index is -0.834. The van der Waals surface area contributed by atoms with Crippen LogP contribution in [0.3, 0.4) is 0 Å². The molecular weight excluding hydrogens is 837 g/mol. The molecule has 0 radical (unpaired) electrons. The van der Waals surface area contributed by atoms with Crippen LogP contribution in [0.1, 0.15) is 79.5 Å². The second-order valence-electron chi connectivity index (χ2n) is 17.9. The number of aromatic nitrogens is 4. The molecule has 2 aromatic carbocycles. The quantitative estimate of drug-likeness (QED) is 0.134. The monoisotopic (exact) mass is 886 g/mol. The molecule has 63 heavy (non-hydrogen) atoms. The number of aromatic hydroxyl groups is 1. The van der Waals surface area contributed by atoms with Crippen molar-refractivity contribution in [2.24, 2.45) is 11.8 Å². The van der Waals surface area contributed by atoms with Gasteiger partial charge in [-0.3, -0.25) is 14.4 Å². The molecule has 0 spiro atoms. The molecule has 14 nitrogen and oxygen atoms in total. The molecule has 4 aliphatic rings. The number of β-amino-alcohol motifs (C(OH)–C–C–N with tert-alkyl or cyclic N) is 1. The molecule has 3 fully saturated rings. The lowest BCUT2D eigenvalue weighted by Gasteiger charge is -2.36. The van der Waals surface area contributed by atoms with Crippen LogP contribution in [0.15, 0.2) is 70.7 Å². The zero-order valence-electron chi connectivity index (χ0n) is 35.6. The van der Waals surface area contributed by atoms with E-state index in [-0.39, 0.29) is 66.4 Å². The Morgan fingerprint density at radius 2 is 1.76 bits per heavy atom. The highest BCUT2D eigenvalue weighted by atomic mass is 32.1. The van der Waals surface area contributed by atoms with Crippen molar-refractivity contribution in [3.05, 3.63) is 93.6 Å². The Labute approximate surface area is 372 Å². The van der Waals surface area contributed by atoms with E-state index < -0.39 is 18.1 Å². The lowest BCUT2D eigenvalue weighted by molar-refractivity contribution is -0.141. The molecule has 6 aromatic rings. The van der Waals surface area contributed by atoms with Crippen molar-refractivity contribution in [3.63, 3.8) is 0 Å². The molecule has 7 atom stereocenters. The van der Waals surface area contributed by atoms with Crippen LogP contribution in [0.2, 0.25) is 0 Å². The summed E-state index contributed by atoms with van der Waals surface area (Å²) >= 11 is 3.23. The Balaban J connectivity index is 0.786. The SMILES string of the molecule is Cc1ncsc1-c1ccc([C@H](C)NC(=O)[C@@H]2C[C@@H](O)CN2C(=O)[C@@H](c2cc(N3C[C@H]4C[C@@H]3CN4C(=O)[C@@H]3CCc4sc5nnc(-c6ccccc6O)cc5c4C3)no2)C(C)C)cc1. The van der Waals surface area contributed by atoms with Crippen molar-refractivity contribution in [1.29, 1.82) is 0 Å². The highest BCUT2D eigenvalue weighted by molar-refractivity contribution is 7.18. The molecule has 326 valence electrons. The molecule has 7 heterocycles. The summed E-state index contributed by atoms with van der Waals surface area (Å²) in [5.41, 5.74) is 7.21. The van der Waals surface area contributed by atoms with E-state index in [1.54, 1.807) is 34.8 Å². The maximum atomic E-state index is 14.4. The lowest BCUT2D eigenvalue weighted by Crippen LogP contribution is -2.51. The summed E-state index contributed by atoms with van der Waals surface area (Å²) < 4.78 is 5.94. The number of phenols is 1. The molecule has 0 saturated carbocycles. The van der Waals surface area contributed by atoms with Gasteiger partial charge >= 0.3 is 0 Å². The van der Waals surface area contributed by atoms with Gasteiger partial charge in [-0.05, 0) is 80.3 Å². The first-order valence-electron chi connectivity index (χ1n) is 21.8. The van der Waals surface area contributed by atoms with Crippen LogP contribution >= 0.6 is 22.7 Å². The average molecular weight is 887 g/mol. The second-order valence-corrected chi connectivity index (χ2v) is 19.9. The predicted molar refractivity (Wildman–Crippen MR) is 240 cm³/mol. The number of anilines is 1. The number of aliphatic hydroxyl groups is 1. The summed E-state index contributed by atoms with van der Waals surface area (Å²) in [6.45, 7) is 9.05. The standard InChI is InChI=1S/C47H50N8O6S2/c1-24(2)42(47(60)55-22-32(56)17-37(55)44(58)49-25(3)27-9-11-28(12-10-27)43-26(4)48-23-62-43)39-19-41(52-61-39)53-20-31-16-30(53)21-54(31)46(59)29-13-14-40-34(15-29)35-18-36(50-51-45(35)63-40)33-7-5-6-8-38(33)57/h5-12,18-19,23-25,29-32,37,42,56-57H,13-17,20-22H2,1-4H3,(H,49,58)/t25-,29+,30+,31+,32+,37-,42+/m0/s1. The number of rotatable bonds is 10. The van der Waals surface area contributed by atoms with Gasteiger partial charge in [-0.2, -0.15) is 0 Å². The first-order chi connectivity index (χ1) is 30.4. The van der Waals surface area contributed by atoms with E-state index in [9.17, 15) is 24.6 Å². The van der Waals surface area contributed by atoms with Crippen LogP contribution in [0.5, 0.6) is 5.75 Å². The topological polar surface area (TPSA) is 178 Å². The van der Waals surface area contributed by atoms with Crippen LogP contribution in [-0.2, 0) is 27.2 Å². The Bertz CT molecular complexity index is 2710. The van der Waals surface area contributed by atoms with Crippen molar-refractivity contribution in [2.45, 2.75) is 96.0 Å². The van der Waals surface area contributed by atoms with Gasteiger partial charge in [0, 0.05) is 53.9 Å². The minimum absolute atomic E-state index is 0.0393. The largest absolute Gasteiger partial charge is 0.507 e. The van der Waals surface area contributed by atoms with Gasteiger partial charge in [0.25, 0.3) is 0 Å². The predicted octanol–water partition coefficient (Wildman–Crippen LogP) is 6.66. The van der Waals surface area contributed by atoms with E-state index in [0.29, 0.717) is 42.3 Å². The number of para-hydroxylation sites is 1. The molecule has 0 unspecified atom stereocenters. The maximum Gasteiger partial charge on any atom is 0.243 e. The van der Waals surface area contributed by atoms with Crippen molar-refractivity contribution >= 4 is 56.4 Å². The smallest absolute Gasteiger partial charge is 0.243 e. The summed E-state index contributed by atoms with van der Waals surface area (Å²) in [5, 5.41) is 38.7. The van der Waals surface area contributed by atoms with Crippen LogP contribution in [0.25, 0.3) is 31.9 Å². The van der Waals surface area contributed by atoms with Gasteiger partial charge in [0.15, 0.2) is 11.6 Å². The van der Waals surface area contributed by atoms with Crippen molar-refractivity contribution in [3.8, 4) is 27.4 Å². The summed E-state index contributed by atoms with van der Waals surface area (Å²) in [6, 6.07) is 18.0. The number of phenolic OH excluding ortho intramolecular Hbond substituents is 1. The fraction of sp³-hybridized carbons (Fsp3) is 0.426. The second kappa shape index (κ2) is 16.4. The molecule has 16 heteroatoms. The van der Waals surface area contributed by atoms with Crippen LogP contribution in [0.4, 0.5) is 5.82 Å². The van der Waals surface area contributed by atoms with E-state index >= 15 is 0 Å². The van der Waals surface area contributed by atoms with Gasteiger partial charge < -0.3 is 34.8 Å². The summed E-state index contributed by atoms with van der Waals surface area (Å²) in [6.07, 6.45) is 2.39. The molecule has 3 aliphatic heterocycles. The van der Waals surface area contributed by atoms with E-state index in [0.717, 1.165) is 56.7 Å². The average Bonchev–Trinajstić information content (AvgIpc) is 4.15. The third-order valence-corrected chi connectivity index (χ3v) is 15.7. The van der Waals surface area contributed by atoms with Crippen LogP contribution in [0, 0.1) is 18.8 Å². The molecule has 3 N–H and O–H groups in total. The fourth-order valence-electron chi connectivity index (χ4n) is 10.2. The van der Waals surface area contributed by atoms with Crippen molar-refractivity contribution in [1.82, 2.24) is 35.5 Å². The zero-order chi connectivity index (χ0) is 43.7. The third kappa shape index (κ3) is 7.54. The number of nitrogens with one attached hydrogen (secondary N) is 1. The number of aryl methyl sites for hydroxylation is 2. The summed E-state index contributed by atoms with van der Waals surface area (Å²) in [7, 11) is 0. The van der Waals surface area contributed by atoms with Gasteiger partial charge in [0.05, 0.1) is 46.0 Å². The number of carbonyl (C=O) groups is 3. The Morgan fingerprint density at radius 1 is 0.952 bits per heavy atom. The number of amides is 3. The number of benzene rings is 2. The number of fused-ring (bicyclic) bond motifs is 5. The number of thiazole rings is 1. The zero-order valence-corrected chi connectivity index (χ0v) is 37.2. The molecule has 3 saturated heterocycles. The first kappa shape index (κ1) is 41.3. The number of likely N-dealkylation sites (tertiary alicyclic amines) is 2. The number of piperazine rings is 1. The van der Waals surface area contributed by atoms with Gasteiger partial charge in [0.1, 0.15) is 22.5 Å². The maximum absolute atomic E-state index is 14.4. The number of hydrogen-bond acceptors (Lipinski definition) is 13. The number of hydrogen-bond donors (Lipinski definition) is 3. The third-order valence-electron chi connectivity index (χ3n) is 13.6. The molecule has 4 aromatic heterocycles. The number of aliphatic hydroxyl groups excluding tert-OH is 1. The first-order valence-corrected chi connectivity index (χ1v) is 23.5. The highest BCUT2D eigenvalue weighted by Gasteiger charge is 2.49. The van der Waals surface area contributed by atoms with E-state index in [1.807, 2.05) is 81.7 Å². The number of nitrogens with zero attached hydrogens (tertiary/aromatic N) is 7. The lowest BCUT2D eigenvalue weighted by atomic mass is 9.86. The fourth-order valence-corrected chi connectivity index (χ4v) is 12.2. The summed E-state index contributed by atoms with van der Waals surface area (Å²) in [4.78, 5) is 55.7. The number of carbonyl (C=O) groups excluding carboxylic acids is 3. The molecule has 2 bridgehead atoms. The van der Waals surface area contributed by atoms with Crippen LogP contribution < -0.4 is 10.2 Å². The Morgan fingerprint density at radius 3 is 2.49 bits per heavy atom. The van der Waals surface area contributed by atoms with E-state index in [2.05, 4.69) is 35.5 Å². The van der Waals surface area contributed by atoms with Gasteiger partial charge in [0.2, 0.25) is 17.7 Å². The van der Waals surface area contributed by atoms with Crippen LogP contribution in [-0.4, -0.2) is 102 Å². The van der Waals surface area contributed by atoms with E-state index in [4.69, 9.17) is 4.52 Å². The molecular formula is C47H50N8O6S2.